The fraction of sp³-hybridized carbons (Fsp3) is 0.300. The van der Waals surface area contributed by atoms with Gasteiger partial charge < -0.3 is 14.6 Å². The third kappa shape index (κ3) is 2.81. The van der Waals surface area contributed by atoms with Gasteiger partial charge in [-0.25, -0.2) is 4.39 Å². The topological polar surface area (TPSA) is 46.5 Å². The summed E-state index contributed by atoms with van der Waals surface area (Å²) in [6.45, 7) is -0.0493. The standard InChI is InChI=1S/C10H11FO3/c11-9-2-1-8(3-4-12)10(7-9)14-6-5-13/h1-2,4,7,13H,3,5-6H2. The van der Waals surface area contributed by atoms with Crippen molar-refractivity contribution in [2.24, 2.45) is 0 Å². The molecule has 0 spiro atoms. The molecule has 0 aromatic heterocycles. The summed E-state index contributed by atoms with van der Waals surface area (Å²) >= 11 is 0. The third-order valence-corrected chi connectivity index (χ3v) is 1.68. The Balaban J connectivity index is 2.84. The molecule has 1 rings (SSSR count). The van der Waals surface area contributed by atoms with Crippen LogP contribution in [-0.2, 0) is 11.2 Å². The summed E-state index contributed by atoms with van der Waals surface area (Å²) in [5.41, 5.74) is 0.620. The Labute approximate surface area is 81.1 Å². The molecule has 76 valence electrons. The highest BCUT2D eigenvalue weighted by molar-refractivity contribution is 5.57. The zero-order valence-electron chi connectivity index (χ0n) is 7.57. The maximum atomic E-state index is 12.8. The van der Waals surface area contributed by atoms with Crippen LogP contribution in [0.2, 0.25) is 0 Å². The van der Waals surface area contributed by atoms with Crippen LogP contribution in [0.3, 0.4) is 0 Å². The largest absolute Gasteiger partial charge is 0.491 e. The van der Waals surface area contributed by atoms with E-state index in [2.05, 4.69) is 0 Å². The average Bonchev–Trinajstić information content (AvgIpc) is 2.18. The van der Waals surface area contributed by atoms with Crippen LogP contribution in [0.1, 0.15) is 5.56 Å². The van der Waals surface area contributed by atoms with Gasteiger partial charge in [0.1, 0.15) is 24.5 Å². The second kappa shape index (κ2) is 5.34. The molecule has 0 aliphatic rings. The van der Waals surface area contributed by atoms with Crippen LogP contribution in [0.5, 0.6) is 5.75 Å². The number of carbonyl (C=O) groups excluding carboxylic acids is 1. The second-order valence-electron chi connectivity index (χ2n) is 2.69. The van der Waals surface area contributed by atoms with Crippen molar-refractivity contribution in [3.8, 4) is 5.75 Å². The monoisotopic (exact) mass is 198 g/mol. The van der Waals surface area contributed by atoms with E-state index in [4.69, 9.17) is 9.84 Å². The van der Waals surface area contributed by atoms with E-state index in [1.54, 1.807) is 0 Å². The molecule has 1 N–H and O–H groups in total. The van der Waals surface area contributed by atoms with Gasteiger partial charge in [-0.1, -0.05) is 6.07 Å². The summed E-state index contributed by atoms with van der Waals surface area (Å²) in [5.74, 6) is -0.112. The Morgan fingerprint density at radius 3 is 2.93 bits per heavy atom. The highest BCUT2D eigenvalue weighted by atomic mass is 19.1. The highest BCUT2D eigenvalue weighted by Gasteiger charge is 2.04. The average molecular weight is 198 g/mol. The minimum Gasteiger partial charge on any atom is -0.491 e. The molecule has 0 aliphatic carbocycles. The van der Waals surface area contributed by atoms with Crippen molar-refractivity contribution in [1.82, 2.24) is 0 Å². The Morgan fingerprint density at radius 2 is 2.29 bits per heavy atom. The molecule has 0 atom stereocenters. The van der Waals surface area contributed by atoms with Crippen LogP contribution in [0.25, 0.3) is 0 Å². The quantitative estimate of drug-likeness (QED) is 0.716. The van der Waals surface area contributed by atoms with E-state index in [1.807, 2.05) is 0 Å². The Bertz CT molecular complexity index is 312. The second-order valence-corrected chi connectivity index (χ2v) is 2.69. The SMILES string of the molecule is O=CCc1ccc(F)cc1OCCO. The van der Waals surface area contributed by atoms with Crippen LogP contribution >= 0.6 is 0 Å². The van der Waals surface area contributed by atoms with Gasteiger partial charge in [-0.05, 0) is 6.07 Å². The maximum absolute atomic E-state index is 12.8. The van der Waals surface area contributed by atoms with Gasteiger partial charge in [0.15, 0.2) is 0 Å². The fourth-order valence-electron chi connectivity index (χ4n) is 1.08. The lowest BCUT2D eigenvalue weighted by Crippen LogP contribution is -2.04. The normalized spacial score (nSPS) is 9.86. The smallest absolute Gasteiger partial charge is 0.126 e. The van der Waals surface area contributed by atoms with Crippen LogP contribution in [0.15, 0.2) is 18.2 Å². The lowest BCUT2D eigenvalue weighted by molar-refractivity contribution is -0.107. The van der Waals surface area contributed by atoms with Gasteiger partial charge >= 0.3 is 0 Å². The lowest BCUT2D eigenvalue weighted by atomic mass is 10.1. The van der Waals surface area contributed by atoms with Crippen LogP contribution < -0.4 is 4.74 Å². The predicted molar refractivity (Wildman–Crippen MR) is 48.7 cm³/mol. The first-order valence-corrected chi connectivity index (χ1v) is 4.23. The first kappa shape index (κ1) is 10.7. The summed E-state index contributed by atoms with van der Waals surface area (Å²) in [6, 6.07) is 3.97. The summed E-state index contributed by atoms with van der Waals surface area (Å²) < 4.78 is 17.9. The summed E-state index contributed by atoms with van der Waals surface area (Å²) in [7, 11) is 0. The molecule has 14 heavy (non-hydrogen) atoms. The van der Waals surface area contributed by atoms with Gasteiger partial charge in [0, 0.05) is 18.1 Å². The molecule has 0 unspecified atom stereocenters. The molecule has 0 aliphatic heterocycles. The van der Waals surface area contributed by atoms with E-state index in [-0.39, 0.29) is 19.6 Å². The highest BCUT2D eigenvalue weighted by Crippen LogP contribution is 2.19. The van der Waals surface area contributed by atoms with Gasteiger partial charge in [0.05, 0.1) is 6.61 Å². The number of halogens is 1. The van der Waals surface area contributed by atoms with Crippen LogP contribution in [0, 0.1) is 5.82 Å². The first-order valence-electron chi connectivity index (χ1n) is 4.23. The number of rotatable bonds is 5. The number of ether oxygens (including phenoxy) is 1. The van der Waals surface area contributed by atoms with E-state index < -0.39 is 5.82 Å². The fourth-order valence-corrected chi connectivity index (χ4v) is 1.08. The molecule has 0 bridgehead atoms. The van der Waals surface area contributed by atoms with E-state index in [1.165, 1.54) is 18.2 Å². The van der Waals surface area contributed by atoms with Crippen molar-refractivity contribution in [2.75, 3.05) is 13.2 Å². The number of carbonyl (C=O) groups is 1. The van der Waals surface area contributed by atoms with E-state index in [9.17, 15) is 9.18 Å². The Hall–Kier alpha value is -1.42. The molecule has 1 aromatic carbocycles. The van der Waals surface area contributed by atoms with Crippen LogP contribution in [-0.4, -0.2) is 24.6 Å². The van der Waals surface area contributed by atoms with E-state index >= 15 is 0 Å². The van der Waals surface area contributed by atoms with Crippen molar-refractivity contribution in [1.29, 1.82) is 0 Å². The molecular formula is C10H11FO3. The minimum absolute atomic E-state index is 0.0926. The first-order chi connectivity index (χ1) is 6.77. The minimum atomic E-state index is -0.424. The molecular weight excluding hydrogens is 187 g/mol. The molecule has 3 nitrogen and oxygen atoms in total. The molecule has 1 aromatic rings. The molecule has 0 saturated carbocycles. The van der Waals surface area contributed by atoms with Crippen molar-refractivity contribution in [2.45, 2.75) is 6.42 Å². The zero-order valence-corrected chi connectivity index (χ0v) is 7.57. The van der Waals surface area contributed by atoms with Gasteiger partial charge in [0.25, 0.3) is 0 Å². The van der Waals surface area contributed by atoms with E-state index in [0.717, 1.165) is 6.29 Å². The van der Waals surface area contributed by atoms with Crippen LogP contribution in [0.4, 0.5) is 4.39 Å². The molecule has 0 amide bonds. The predicted octanol–water partition coefficient (Wildman–Crippen LogP) is 0.938. The molecule has 0 saturated heterocycles. The van der Waals surface area contributed by atoms with E-state index in [0.29, 0.717) is 11.3 Å². The Kier molecular flexibility index (Phi) is 4.07. The summed E-state index contributed by atoms with van der Waals surface area (Å²) in [4.78, 5) is 10.3. The lowest BCUT2D eigenvalue weighted by Gasteiger charge is -2.08. The Morgan fingerprint density at radius 1 is 1.50 bits per heavy atom. The number of aliphatic hydroxyl groups is 1. The van der Waals surface area contributed by atoms with Crippen molar-refractivity contribution >= 4 is 6.29 Å². The van der Waals surface area contributed by atoms with Gasteiger partial charge in [-0.2, -0.15) is 0 Å². The molecule has 0 radical (unpaired) electrons. The zero-order chi connectivity index (χ0) is 10.4. The summed E-state index contributed by atoms with van der Waals surface area (Å²) in [6.07, 6.45) is 0.903. The summed E-state index contributed by atoms with van der Waals surface area (Å²) in [5, 5.41) is 8.53. The van der Waals surface area contributed by atoms with Gasteiger partial charge in [0.2, 0.25) is 0 Å². The molecule has 4 heteroatoms. The number of aldehydes is 1. The third-order valence-electron chi connectivity index (χ3n) is 1.68. The van der Waals surface area contributed by atoms with Gasteiger partial charge in [-0.3, -0.25) is 0 Å². The number of hydrogen-bond acceptors (Lipinski definition) is 3. The number of hydrogen-bond donors (Lipinski definition) is 1. The molecule has 0 heterocycles. The molecule has 0 fully saturated rings. The van der Waals surface area contributed by atoms with Crippen molar-refractivity contribution < 1.29 is 19.0 Å². The maximum Gasteiger partial charge on any atom is 0.126 e. The van der Waals surface area contributed by atoms with Crippen molar-refractivity contribution in [3.63, 3.8) is 0 Å². The van der Waals surface area contributed by atoms with Gasteiger partial charge in [-0.15, -0.1) is 0 Å². The number of aliphatic hydroxyl groups excluding tert-OH is 1. The van der Waals surface area contributed by atoms with Crippen molar-refractivity contribution in [3.05, 3.63) is 29.6 Å². The number of benzene rings is 1.